The molecule has 1 atom stereocenters. The maximum Gasteiger partial charge on any atom is 0.231 e. The van der Waals surface area contributed by atoms with E-state index in [4.69, 9.17) is 11.6 Å². The fourth-order valence-electron chi connectivity index (χ4n) is 2.52. The van der Waals surface area contributed by atoms with E-state index in [0.29, 0.717) is 17.3 Å². The minimum absolute atomic E-state index is 0.0248. The molecule has 3 rings (SSSR count). The van der Waals surface area contributed by atoms with Gasteiger partial charge in [0.2, 0.25) is 5.91 Å². The third kappa shape index (κ3) is 2.25. The summed E-state index contributed by atoms with van der Waals surface area (Å²) in [7, 11) is 0. The van der Waals surface area contributed by atoms with E-state index in [1.165, 1.54) is 0 Å². The van der Waals surface area contributed by atoms with E-state index in [1.54, 1.807) is 18.3 Å². The van der Waals surface area contributed by atoms with Crippen molar-refractivity contribution in [1.82, 2.24) is 10.3 Å². The molecule has 104 valence electrons. The first-order valence-electron chi connectivity index (χ1n) is 6.66. The zero-order valence-electron chi connectivity index (χ0n) is 11.2. The number of hydrogen-bond acceptors (Lipinski definition) is 3. The maximum absolute atomic E-state index is 12.5. The highest BCUT2D eigenvalue weighted by atomic mass is 35.5. The molecule has 2 heterocycles. The van der Waals surface area contributed by atoms with Crippen LogP contribution in [0.2, 0.25) is 5.02 Å². The number of rotatable bonds is 2. The number of anilines is 1. The lowest BCUT2D eigenvalue weighted by Gasteiger charge is -2.22. The molecule has 0 spiro atoms. The number of amides is 1. The van der Waals surface area contributed by atoms with Crippen LogP contribution in [0.4, 0.5) is 5.69 Å². The second kappa shape index (κ2) is 5.04. The Morgan fingerprint density at radius 1 is 1.45 bits per heavy atom. The summed E-state index contributed by atoms with van der Waals surface area (Å²) >= 11 is 6.16. The standard InChI is InChI=1S/C15H16ClN3O/c1-15(6-8-17-9-15)14(20)19-12-5-4-11(16)10-3-2-7-18-13(10)12/h2-5,7,17H,6,8-9H2,1H3,(H,19,20). The molecule has 1 aromatic carbocycles. The first-order valence-corrected chi connectivity index (χ1v) is 7.03. The zero-order chi connectivity index (χ0) is 14.2. The molecule has 1 aliphatic heterocycles. The number of nitrogens with one attached hydrogen (secondary N) is 2. The summed E-state index contributed by atoms with van der Waals surface area (Å²) in [6.07, 6.45) is 2.55. The Labute approximate surface area is 122 Å². The summed E-state index contributed by atoms with van der Waals surface area (Å²) in [4.78, 5) is 16.8. The molecule has 0 aliphatic carbocycles. The SMILES string of the molecule is CC1(C(=O)Nc2ccc(Cl)c3cccnc23)CCNC1. The van der Waals surface area contributed by atoms with Crippen LogP contribution in [0.25, 0.3) is 10.9 Å². The fraction of sp³-hybridized carbons (Fsp3) is 0.333. The number of fused-ring (bicyclic) bond motifs is 1. The van der Waals surface area contributed by atoms with Crippen LogP contribution < -0.4 is 10.6 Å². The first-order chi connectivity index (χ1) is 9.60. The van der Waals surface area contributed by atoms with E-state index in [2.05, 4.69) is 15.6 Å². The van der Waals surface area contributed by atoms with Gasteiger partial charge >= 0.3 is 0 Å². The van der Waals surface area contributed by atoms with Gasteiger partial charge in [-0.25, -0.2) is 0 Å². The Kier molecular flexibility index (Phi) is 3.36. The highest BCUT2D eigenvalue weighted by Crippen LogP contribution is 2.31. The van der Waals surface area contributed by atoms with Gasteiger partial charge in [-0.3, -0.25) is 9.78 Å². The molecular formula is C15H16ClN3O. The second-order valence-electron chi connectivity index (χ2n) is 5.44. The minimum Gasteiger partial charge on any atom is -0.324 e. The van der Waals surface area contributed by atoms with Crippen LogP contribution >= 0.6 is 11.6 Å². The highest BCUT2D eigenvalue weighted by molar-refractivity contribution is 6.35. The summed E-state index contributed by atoms with van der Waals surface area (Å²) in [6.45, 7) is 3.56. The number of pyridine rings is 1. The molecule has 2 N–H and O–H groups in total. The maximum atomic E-state index is 12.5. The lowest BCUT2D eigenvalue weighted by atomic mass is 9.88. The topological polar surface area (TPSA) is 54.0 Å². The third-order valence-electron chi connectivity index (χ3n) is 3.88. The molecule has 1 fully saturated rings. The number of benzene rings is 1. The van der Waals surface area contributed by atoms with Gasteiger partial charge in [-0.1, -0.05) is 11.6 Å². The van der Waals surface area contributed by atoms with Gasteiger partial charge in [-0.15, -0.1) is 0 Å². The molecule has 0 radical (unpaired) electrons. The molecule has 4 nitrogen and oxygen atoms in total. The second-order valence-corrected chi connectivity index (χ2v) is 5.84. The normalized spacial score (nSPS) is 22.1. The molecule has 0 bridgehead atoms. The molecule has 1 unspecified atom stereocenters. The monoisotopic (exact) mass is 289 g/mol. The van der Waals surface area contributed by atoms with Crippen LogP contribution in [0.5, 0.6) is 0 Å². The van der Waals surface area contributed by atoms with Gasteiger partial charge < -0.3 is 10.6 Å². The summed E-state index contributed by atoms with van der Waals surface area (Å²) in [5.41, 5.74) is 1.08. The van der Waals surface area contributed by atoms with E-state index >= 15 is 0 Å². The molecule has 20 heavy (non-hydrogen) atoms. The molecular weight excluding hydrogens is 274 g/mol. The lowest BCUT2D eigenvalue weighted by molar-refractivity contribution is -0.123. The summed E-state index contributed by atoms with van der Waals surface area (Å²) < 4.78 is 0. The highest BCUT2D eigenvalue weighted by Gasteiger charge is 2.36. The van der Waals surface area contributed by atoms with Crippen LogP contribution in [0.3, 0.4) is 0 Å². The van der Waals surface area contributed by atoms with Crippen molar-refractivity contribution in [2.24, 2.45) is 5.41 Å². The van der Waals surface area contributed by atoms with Crippen molar-refractivity contribution in [3.63, 3.8) is 0 Å². The Morgan fingerprint density at radius 2 is 2.30 bits per heavy atom. The van der Waals surface area contributed by atoms with E-state index in [0.717, 1.165) is 23.9 Å². The number of carbonyl (C=O) groups is 1. The molecule has 1 aliphatic rings. The summed E-state index contributed by atoms with van der Waals surface area (Å²) in [5, 5.41) is 7.71. The van der Waals surface area contributed by atoms with E-state index in [-0.39, 0.29) is 11.3 Å². The Bertz CT molecular complexity index is 665. The van der Waals surface area contributed by atoms with Crippen LogP contribution in [-0.2, 0) is 4.79 Å². The average Bonchev–Trinajstić information content (AvgIpc) is 2.90. The fourth-order valence-corrected chi connectivity index (χ4v) is 2.74. The van der Waals surface area contributed by atoms with Gasteiger partial charge in [0.25, 0.3) is 0 Å². The number of aromatic nitrogens is 1. The predicted octanol–water partition coefficient (Wildman–Crippen LogP) is 2.83. The van der Waals surface area contributed by atoms with Crippen LogP contribution in [0, 0.1) is 5.41 Å². The van der Waals surface area contributed by atoms with E-state index in [1.807, 2.05) is 19.1 Å². The van der Waals surface area contributed by atoms with Crippen molar-refractivity contribution in [1.29, 1.82) is 0 Å². The predicted molar refractivity (Wildman–Crippen MR) is 81.0 cm³/mol. The number of carbonyl (C=O) groups excluding carboxylic acids is 1. The summed E-state index contributed by atoms with van der Waals surface area (Å²) in [6, 6.07) is 7.33. The Morgan fingerprint density at radius 3 is 3.05 bits per heavy atom. The van der Waals surface area contributed by atoms with E-state index < -0.39 is 0 Å². The largest absolute Gasteiger partial charge is 0.324 e. The van der Waals surface area contributed by atoms with Gasteiger partial charge in [0.05, 0.1) is 21.6 Å². The van der Waals surface area contributed by atoms with Crippen molar-refractivity contribution < 1.29 is 4.79 Å². The smallest absolute Gasteiger partial charge is 0.231 e. The molecule has 2 aromatic rings. The van der Waals surface area contributed by atoms with Gasteiger partial charge in [0.15, 0.2) is 0 Å². The zero-order valence-corrected chi connectivity index (χ0v) is 12.0. The number of halogens is 1. The Hall–Kier alpha value is -1.65. The van der Waals surface area contributed by atoms with E-state index in [9.17, 15) is 4.79 Å². The molecule has 1 saturated heterocycles. The van der Waals surface area contributed by atoms with Crippen molar-refractivity contribution in [2.45, 2.75) is 13.3 Å². The van der Waals surface area contributed by atoms with Gasteiger partial charge in [0, 0.05) is 18.1 Å². The number of nitrogens with zero attached hydrogens (tertiary/aromatic N) is 1. The average molecular weight is 290 g/mol. The lowest BCUT2D eigenvalue weighted by Crippen LogP contribution is -2.35. The minimum atomic E-state index is -0.360. The quantitative estimate of drug-likeness (QED) is 0.894. The van der Waals surface area contributed by atoms with Gasteiger partial charge in [-0.2, -0.15) is 0 Å². The molecule has 0 saturated carbocycles. The van der Waals surface area contributed by atoms with Crippen molar-refractivity contribution in [2.75, 3.05) is 18.4 Å². The Balaban J connectivity index is 1.95. The molecule has 1 amide bonds. The van der Waals surface area contributed by atoms with Crippen molar-refractivity contribution in [3.05, 3.63) is 35.5 Å². The van der Waals surface area contributed by atoms with Gasteiger partial charge in [-0.05, 0) is 44.2 Å². The first kappa shape index (κ1) is 13.3. The molecule has 1 aromatic heterocycles. The summed E-state index contributed by atoms with van der Waals surface area (Å²) in [5.74, 6) is 0.0248. The van der Waals surface area contributed by atoms with Crippen molar-refractivity contribution >= 4 is 34.1 Å². The molecule has 5 heteroatoms. The van der Waals surface area contributed by atoms with Gasteiger partial charge in [0.1, 0.15) is 0 Å². The van der Waals surface area contributed by atoms with Crippen LogP contribution in [-0.4, -0.2) is 24.0 Å². The third-order valence-corrected chi connectivity index (χ3v) is 4.21. The van der Waals surface area contributed by atoms with Crippen LogP contribution in [0.1, 0.15) is 13.3 Å². The van der Waals surface area contributed by atoms with Crippen LogP contribution in [0.15, 0.2) is 30.5 Å². The van der Waals surface area contributed by atoms with Crippen molar-refractivity contribution in [3.8, 4) is 0 Å². The number of hydrogen-bond donors (Lipinski definition) is 2.